The SMILES string of the molecule is O=C1CCCC(Cc2nc(COc3ccc4ccccc4c3)no2)N1. The van der Waals surface area contributed by atoms with Crippen LogP contribution in [0, 0.1) is 0 Å². The minimum atomic E-state index is 0.0796. The second-order valence-electron chi connectivity index (χ2n) is 6.26. The van der Waals surface area contributed by atoms with Crippen LogP contribution in [0.5, 0.6) is 5.75 Å². The number of piperidine rings is 1. The van der Waals surface area contributed by atoms with Crippen LogP contribution >= 0.6 is 0 Å². The lowest BCUT2D eigenvalue weighted by molar-refractivity contribution is -0.123. The maximum Gasteiger partial charge on any atom is 0.228 e. The number of rotatable bonds is 5. The molecule has 0 saturated carbocycles. The van der Waals surface area contributed by atoms with Gasteiger partial charge in [0.25, 0.3) is 0 Å². The quantitative estimate of drug-likeness (QED) is 0.774. The maximum atomic E-state index is 11.4. The van der Waals surface area contributed by atoms with Crippen molar-refractivity contribution < 1.29 is 14.1 Å². The van der Waals surface area contributed by atoms with Gasteiger partial charge in [0, 0.05) is 18.9 Å². The fourth-order valence-electron chi connectivity index (χ4n) is 3.08. The van der Waals surface area contributed by atoms with E-state index in [9.17, 15) is 4.79 Å². The minimum absolute atomic E-state index is 0.0796. The van der Waals surface area contributed by atoms with Crippen LogP contribution < -0.4 is 10.1 Å². The normalized spacial score (nSPS) is 17.4. The summed E-state index contributed by atoms with van der Waals surface area (Å²) in [5, 5.41) is 9.20. The Balaban J connectivity index is 1.36. The van der Waals surface area contributed by atoms with E-state index < -0.39 is 0 Å². The van der Waals surface area contributed by atoms with Gasteiger partial charge in [-0.25, -0.2) is 0 Å². The molecule has 2 heterocycles. The summed E-state index contributed by atoms with van der Waals surface area (Å²) in [5.41, 5.74) is 0. The van der Waals surface area contributed by atoms with Crippen molar-refractivity contribution in [3.63, 3.8) is 0 Å². The molecule has 3 aromatic rings. The third kappa shape index (κ3) is 3.79. The van der Waals surface area contributed by atoms with Gasteiger partial charge in [-0.3, -0.25) is 4.79 Å². The highest BCUT2D eigenvalue weighted by Crippen LogP contribution is 2.21. The molecule has 1 amide bonds. The molecule has 4 rings (SSSR count). The number of nitrogens with one attached hydrogen (secondary N) is 1. The maximum absolute atomic E-state index is 11.4. The van der Waals surface area contributed by atoms with Crippen molar-refractivity contribution in [2.24, 2.45) is 0 Å². The summed E-state index contributed by atoms with van der Waals surface area (Å²) >= 11 is 0. The van der Waals surface area contributed by atoms with Gasteiger partial charge in [-0.2, -0.15) is 4.98 Å². The Labute approximate surface area is 145 Å². The van der Waals surface area contributed by atoms with E-state index in [2.05, 4.69) is 21.5 Å². The van der Waals surface area contributed by atoms with E-state index >= 15 is 0 Å². The van der Waals surface area contributed by atoms with Gasteiger partial charge >= 0.3 is 0 Å². The molecule has 0 bridgehead atoms. The first-order chi connectivity index (χ1) is 12.3. The molecule has 0 aliphatic carbocycles. The van der Waals surface area contributed by atoms with Crippen molar-refractivity contribution in [2.75, 3.05) is 0 Å². The fraction of sp³-hybridized carbons (Fsp3) is 0.316. The Morgan fingerprint density at radius 3 is 2.96 bits per heavy atom. The zero-order valence-corrected chi connectivity index (χ0v) is 13.8. The van der Waals surface area contributed by atoms with E-state index in [-0.39, 0.29) is 18.6 Å². The summed E-state index contributed by atoms with van der Waals surface area (Å²) in [5.74, 6) is 1.90. The Morgan fingerprint density at radius 1 is 1.20 bits per heavy atom. The number of nitrogens with zero attached hydrogens (tertiary/aromatic N) is 2. The van der Waals surface area contributed by atoms with Crippen molar-refractivity contribution in [3.05, 3.63) is 54.2 Å². The molecule has 1 atom stereocenters. The molecule has 25 heavy (non-hydrogen) atoms. The van der Waals surface area contributed by atoms with Gasteiger partial charge in [-0.15, -0.1) is 0 Å². The number of carbonyl (C=O) groups is 1. The Morgan fingerprint density at radius 2 is 2.08 bits per heavy atom. The summed E-state index contributed by atoms with van der Waals surface area (Å²) < 4.78 is 11.0. The largest absolute Gasteiger partial charge is 0.485 e. The monoisotopic (exact) mass is 337 g/mol. The number of aromatic nitrogens is 2. The standard InChI is InChI=1S/C19H19N3O3/c23-18-7-3-6-15(20-18)11-19-21-17(22-25-19)12-24-16-9-8-13-4-1-2-5-14(13)10-16/h1-2,4-5,8-10,15H,3,6-7,11-12H2,(H,20,23). The van der Waals surface area contributed by atoms with E-state index in [4.69, 9.17) is 9.26 Å². The van der Waals surface area contributed by atoms with Crippen molar-refractivity contribution >= 4 is 16.7 Å². The van der Waals surface area contributed by atoms with E-state index in [1.807, 2.05) is 36.4 Å². The Hall–Kier alpha value is -2.89. The average molecular weight is 337 g/mol. The van der Waals surface area contributed by atoms with E-state index in [0.29, 0.717) is 24.6 Å². The molecule has 1 unspecified atom stereocenters. The van der Waals surface area contributed by atoms with E-state index in [1.165, 1.54) is 5.39 Å². The predicted molar refractivity (Wildman–Crippen MR) is 92.1 cm³/mol. The Bertz CT molecular complexity index is 890. The summed E-state index contributed by atoms with van der Waals surface area (Å²) in [4.78, 5) is 15.8. The molecule has 0 radical (unpaired) electrons. The summed E-state index contributed by atoms with van der Waals surface area (Å²) in [6.07, 6.45) is 3.01. The molecule has 1 aliphatic heterocycles. The first-order valence-electron chi connectivity index (χ1n) is 8.49. The summed E-state index contributed by atoms with van der Waals surface area (Å²) in [6, 6.07) is 14.2. The number of benzene rings is 2. The minimum Gasteiger partial charge on any atom is -0.485 e. The zero-order chi connectivity index (χ0) is 17.1. The van der Waals surface area contributed by atoms with Crippen LogP contribution in [-0.4, -0.2) is 22.1 Å². The van der Waals surface area contributed by atoms with Crippen LogP contribution in [0.2, 0.25) is 0 Å². The van der Waals surface area contributed by atoms with Gasteiger partial charge in [0.15, 0.2) is 6.61 Å². The first kappa shape index (κ1) is 15.6. The molecule has 2 aromatic carbocycles. The molecular weight excluding hydrogens is 318 g/mol. The highest BCUT2D eigenvalue weighted by Gasteiger charge is 2.21. The first-order valence-corrected chi connectivity index (χ1v) is 8.49. The molecule has 1 fully saturated rings. The Kier molecular flexibility index (Phi) is 4.33. The fourth-order valence-corrected chi connectivity index (χ4v) is 3.08. The summed E-state index contributed by atoms with van der Waals surface area (Å²) in [6.45, 7) is 0.249. The third-order valence-corrected chi connectivity index (χ3v) is 4.34. The van der Waals surface area contributed by atoms with Gasteiger partial charge in [-0.05, 0) is 35.7 Å². The van der Waals surface area contributed by atoms with Crippen LogP contribution in [-0.2, 0) is 17.8 Å². The average Bonchev–Trinajstić information content (AvgIpc) is 3.07. The second kappa shape index (κ2) is 6.93. The number of carbonyl (C=O) groups excluding carboxylic acids is 1. The molecule has 128 valence electrons. The molecule has 0 spiro atoms. The lowest BCUT2D eigenvalue weighted by atomic mass is 10.0. The van der Waals surface area contributed by atoms with Crippen LogP contribution in [0.3, 0.4) is 0 Å². The number of fused-ring (bicyclic) bond motifs is 1. The molecular formula is C19H19N3O3. The topological polar surface area (TPSA) is 77.2 Å². The zero-order valence-electron chi connectivity index (χ0n) is 13.8. The van der Waals surface area contributed by atoms with Crippen LogP contribution in [0.25, 0.3) is 10.8 Å². The van der Waals surface area contributed by atoms with Gasteiger partial charge in [0.05, 0.1) is 0 Å². The van der Waals surface area contributed by atoms with E-state index in [0.717, 1.165) is 24.0 Å². The number of amides is 1. The van der Waals surface area contributed by atoms with Crippen molar-refractivity contribution in [1.29, 1.82) is 0 Å². The highest BCUT2D eigenvalue weighted by atomic mass is 16.5. The summed E-state index contributed by atoms with van der Waals surface area (Å²) in [7, 11) is 0. The highest BCUT2D eigenvalue weighted by molar-refractivity contribution is 5.83. The number of hydrogen-bond acceptors (Lipinski definition) is 5. The van der Waals surface area contributed by atoms with Gasteiger partial charge in [-0.1, -0.05) is 35.5 Å². The molecule has 1 N–H and O–H groups in total. The molecule has 6 heteroatoms. The number of hydrogen-bond donors (Lipinski definition) is 1. The van der Waals surface area contributed by atoms with Crippen molar-refractivity contribution in [2.45, 2.75) is 38.3 Å². The smallest absolute Gasteiger partial charge is 0.228 e. The molecule has 1 saturated heterocycles. The van der Waals surface area contributed by atoms with Crippen LogP contribution in [0.15, 0.2) is 47.0 Å². The molecule has 1 aliphatic rings. The third-order valence-electron chi connectivity index (χ3n) is 4.34. The lowest BCUT2D eigenvalue weighted by Crippen LogP contribution is -2.40. The van der Waals surface area contributed by atoms with Crippen molar-refractivity contribution in [3.8, 4) is 5.75 Å². The molecule has 1 aromatic heterocycles. The van der Waals surface area contributed by atoms with Gasteiger partial charge < -0.3 is 14.6 Å². The lowest BCUT2D eigenvalue weighted by Gasteiger charge is -2.21. The van der Waals surface area contributed by atoms with Gasteiger partial charge in [0.2, 0.25) is 17.6 Å². The molecule has 6 nitrogen and oxygen atoms in total. The van der Waals surface area contributed by atoms with Crippen LogP contribution in [0.1, 0.15) is 31.0 Å². The van der Waals surface area contributed by atoms with Crippen LogP contribution in [0.4, 0.5) is 0 Å². The predicted octanol–water partition coefficient (Wildman–Crippen LogP) is 3.01. The number of ether oxygens (including phenoxy) is 1. The van der Waals surface area contributed by atoms with Crippen molar-refractivity contribution in [1.82, 2.24) is 15.5 Å². The van der Waals surface area contributed by atoms with E-state index in [1.54, 1.807) is 0 Å². The second-order valence-corrected chi connectivity index (χ2v) is 6.26. The van der Waals surface area contributed by atoms with Gasteiger partial charge in [0.1, 0.15) is 5.75 Å².